The van der Waals surface area contributed by atoms with Crippen molar-refractivity contribution in [2.24, 2.45) is 11.7 Å². The van der Waals surface area contributed by atoms with Crippen molar-refractivity contribution in [3.63, 3.8) is 0 Å². The van der Waals surface area contributed by atoms with Gasteiger partial charge in [0.2, 0.25) is 0 Å². The summed E-state index contributed by atoms with van der Waals surface area (Å²) in [6.45, 7) is 12.1. The van der Waals surface area contributed by atoms with Gasteiger partial charge in [-0.2, -0.15) is 0 Å². The Morgan fingerprint density at radius 1 is 1.03 bits per heavy atom. The molecule has 1 unspecified atom stereocenters. The van der Waals surface area contributed by atoms with Gasteiger partial charge >= 0.3 is 0 Å². The lowest BCUT2D eigenvalue weighted by Gasteiger charge is -2.23. The summed E-state index contributed by atoms with van der Waals surface area (Å²) in [5, 5.41) is 0. The van der Waals surface area contributed by atoms with E-state index in [0.717, 1.165) is 71.4 Å². The third-order valence-corrected chi connectivity index (χ3v) is 6.46. The minimum absolute atomic E-state index is 0.169. The first-order valence-corrected chi connectivity index (χ1v) is 12.8. The number of nitrogens with two attached hydrogens (primary N) is 1. The number of hydrogen-bond acceptors (Lipinski definition) is 4. The molecule has 1 saturated carbocycles. The van der Waals surface area contributed by atoms with Crippen LogP contribution in [0.3, 0.4) is 0 Å². The molecule has 2 aromatic rings. The summed E-state index contributed by atoms with van der Waals surface area (Å²) in [7, 11) is 0. The van der Waals surface area contributed by atoms with Gasteiger partial charge in [0.05, 0.1) is 6.61 Å². The first kappa shape index (κ1) is 26.5. The maximum absolute atomic E-state index is 13.3. The van der Waals surface area contributed by atoms with Crippen molar-refractivity contribution in [3.8, 4) is 11.5 Å². The lowest BCUT2D eigenvalue weighted by atomic mass is 9.79. The van der Waals surface area contributed by atoms with Crippen LogP contribution in [0.4, 0.5) is 0 Å². The van der Waals surface area contributed by atoms with Gasteiger partial charge < -0.3 is 15.2 Å². The van der Waals surface area contributed by atoms with Crippen molar-refractivity contribution >= 4 is 17.9 Å². The summed E-state index contributed by atoms with van der Waals surface area (Å²) in [5.74, 6) is 1.83. The number of carbonyl (C=O) groups excluding carboxylic acids is 1. The Hall–Kier alpha value is -3.11. The number of ether oxygens (including phenoxy) is 2. The van der Waals surface area contributed by atoms with Crippen LogP contribution in [0.5, 0.6) is 11.5 Å². The predicted octanol–water partition coefficient (Wildman–Crippen LogP) is 6.57. The second-order valence-corrected chi connectivity index (χ2v) is 8.90. The smallest absolute Gasteiger partial charge is 0.166 e. The fraction of sp³-hybridized carbons (Fsp3) is 0.387. The number of benzene rings is 2. The second kappa shape index (κ2) is 13.1. The quantitative estimate of drug-likeness (QED) is 0.296. The van der Waals surface area contributed by atoms with Crippen LogP contribution in [0.2, 0.25) is 0 Å². The number of allylic oxidation sites excluding steroid dienone is 3. The van der Waals surface area contributed by atoms with Crippen LogP contribution in [-0.2, 0) is 17.6 Å². The first-order valence-electron chi connectivity index (χ1n) is 12.8. The van der Waals surface area contributed by atoms with Crippen LogP contribution in [-0.4, -0.2) is 25.5 Å². The molecule has 0 aliphatic heterocycles. The molecule has 0 bridgehead atoms. The van der Waals surface area contributed by atoms with E-state index >= 15 is 0 Å². The number of hydrogen-bond donors (Lipinski definition) is 1. The molecule has 0 heterocycles. The summed E-state index contributed by atoms with van der Waals surface area (Å²) < 4.78 is 11.5. The molecule has 1 aliphatic rings. The zero-order chi connectivity index (χ0) is 25.2. The average molecular weight is 474 g/mol. The van der Waals surface area contributed by atoms with Gasteiger partial charge in [-0.3, -0.25) is 4.79 Å². The molecule has 1 aliphatic carbocycles. The van der Waals surface area contributed by atoms with E-state index in [1.807, 2.05) is 43.3 Å². The highest BCUT2D eigenvalue weighted by Crippen LogP contribution is 2.33. The molecule has 0 spiro atoms. The van der Waals surface area contributed by atoms with Crippen molar-refractivity contribution < 1.29 is 14.3 Å². The highest BCUT2D eigenvalue weighted by molar-refractivity contribution is 6.03. The van der Waals surface area contributed by atoms with E-state index in [-0.39, 0.29) is 11.7 Å². The van der Waals surface area contributed by atoms with Crippen molar-refractivity contribution in [2.45, 2.75) is 52.9 Å². The van der Waals surface area contributed by atoms with Gasteiger partial charge in [0.1, 0.15) is 18.1 Å². The van der Waals surface area contributed by atoms with Crippen molar-refractivity contribution in [3.05, 3.63) is 82.5 Å². The van der Waals surface area contributed by atoms with Crippen LogP contribution >= 0.6 is 0 Å². The molecule has 35 heavy (non-hydrogen) atoms. The van der Waals surface area contributed by atoms with E-state index in [2.05, 4.69) is 38.6 Å². The van der Waals surface area contributed by atoms with Gasteiger partial charge in [-0.05, 0) is 103 Å². The summed E-state index contributed by atoms with van der Waals surface area (Å²) in [6.07, 6.45) is 10.5. The SMILES string of the molecule is C=C(/C=C/c1ccc(OCC)c(CC)c1)C1CCC/C(=C\c2ccc(OCCN)c(CC)c2)C1=O. The molecular formula is C31H39NO3. The standard InChI is InChI=1S/C31H39NO3/c1-5-25-19-23(13-15-29(25)34-7-3)12-11-22(4)28-10-8-9-27(31(28)33)21-24-14-16-30(35-18-17-32)26(6-2)20-24/h11-16,19-21,28H,4-10,17-18,32H2,1-3H3/b12-11+,27-21+. The summed E-state index contributed by atoms with van der Waals surface area (Å²) in [6, 6.07) is 12.3. The summed E-state index contributed by atoms with van der Waals surface area (Å²) in [4.78, 5) is 13.3. The van der Waals surface area contributed by atoms with Crippen LogP contribution in [0.25, 0.3) is 12.2 Å². The fourth-order valence-corrected chi connectivity index (χ4v) is 4.54. The number of rotatable bonds is 11. The van der Waals surface area contributed by atoms with Gasteiger partial charge in [0, 0.05) is 12.5 Å². The number of Topliss-reactive ketones (excluding diaryl/α,β-unsaturated/α-hetero) is 1. The monoisotopic (exact) mass is 473 g/mol. The maximum atomic E-state index is 13.3. The Labute approximate surface area is 210 Å². The Morgan fingerprint density at radius 3 is 2.34 bits per heavy atom. The van der Waals surface area contributed by atoms with E-state index in [1.165, 1.54) is 5.56 Å². The fourth-order valence-electron chi connectivity index (χ4n) is 4.54. The summed E-state index contributed by atoms with van der Waals surface area (Å²) in [5.41, 5.74) is 11.8. The minimum atomic E-state index is -0.169. The largest absolute Gasteiger partial charge is 0.494 e. The third kappa shape index (κ3) is 6.95. The lowest BCUT2D eigenvalue weighted by Crippen LogP contribution is -2.22. The zero-order valence-corrected chi connectivity index (χ0v) is 21.4. The van der Waals surface area contributed by atoms with E-state index in [9.17, 15) is 4.79 Å². The van der Waals surface area contributed by atoms with E-state index in [4.69, 9.17) is 15.2 Å². The number of ketones is 1. The van der Waals surface area contributed by atoms with Crippen molar-refractivity contribution in [1.29, 1.82) is 0 Å². The zero-order valence-electron chi connectivity index (χ0n) is 21.4. The molecule has 186 valence electrons. The van der Waals surface area contributed by atoms with E-state index in [0.29, 0.717) is 19.8 Å². The van der Waals surface area contributed by atoms with E-state index in [1.54, 1.807) is 0 Å². The molecule has 4 heteroatoms. The molecule has 3 rings (SSSR count). The minimum Gasteiger partial charge on any atom is -0.494 e. The maximum Gasteiger partial charge on any atom is 0.166 e. The highest BCUT2D eigenvalue weighted by Gasteiger charge is 2.27. The molecular weight excluding hydrogens is 434 g/mol. The van der Waals surface area contributed by atoms with Crippen LogP contribution < -0.4 is 15.2 Å². The van der Waals surface area contributed by atoms with Gasteiger partial charge in [0.15, 0.2) is 5.78 Å². The Morgan fingerprint density at radius 2 is 1.69 bits per heavy atom. The predicted molar refractivity (Wildman–Crippen MR) is 146 cm³/mol. The van der Waals surface area contributed by atoms with Gasteiger partial charge in [0.25, 0.3) is 0 Å². The third-order valence-electron chi connectivity index (χ3n) is 6.46. The molecule has 2 aromatic carbocycles. The Kier molecular flexibility index (Phi) is 9.92. The molecule has 0 radical (unpaired) electrons. The molecule has 2 N–H and O–H groups in total. The molecule has 0 saturated heterocycles. The van der Waals surface area contributed by atoms with Crippen molar-refractivity contribution in [2.75, 3.05) is 19.8 Å². The molecule has 0 amide bonds. The number of aryl methyl sites for hydroxylation is 2. The Bertz CT molecular complexity index is 1100. The van der Waals surface area contributed by atoms with E-state index < -0.39 is 0 Å². The molecule has 1 atom stereocenters. The van der Waals surface area contributed by atoms with Gasteiger partial charge in [-0.25, -0.2) is 0 Å². The van der Waals surface area contributed by atoms with Crippen LogP contribution in [0.15, 0.2) is 60.2 Å². The first-order chi connectivity index (χ1) is 17.0. The van der Waals surface area contributed by atoms with Gasteiger partial charge in [-0.1, -0.05) is 44.7 Å². The summed E-state index contributed by atoms with van der Waals surface area (Å²) >= 11 is 0. The van der Waals surface area contributed by atoms with Crippen LogP contribution in [0.1, 0.15) is 62.3 Å². The molecule has 1 fully saturated rings. The normalized spacial score (nSPS) is 17.2. The van der Waals surface area contributed by atoms with Crippen molar-refractivity contribution in [1.82, 2.24) is 0 Å². The lowest BCUT2D eigenvalue weighted by molar-refractivity contribution is -0.119. The second-order valence-electron chi connectivity index (χ2n) is 8.90. The van der Waals surface area contributed by atoms with Gasteiger partial charge in [-0.15, -0.1) is 0 Å². The molecule has 4 nitrogen and oxygen atoms in total. The Balaban J connectivity index is 1.74. The molecule has 0 aromatic heterocycles. The topological polar surface area (TPSA) is 61.6 Å². The number of carbonyl (C=O) groups is 1. The average Bonchev–Trinajstić information content (AvgIpc) is 2.88. The highest BCUT2D eigenvalue weighted by atomic mass is 16.5. The van der Waals surface area contributed by atoms with Crippen LogP contribution in [0, 0.1) is 5.92 Å².